The van der Waals surface area contributed by atoms with Crippen LogP contribution in [0.3, 0.4) is 0 Å². The Morgan fingerprint density at radius 3 is 2.47 bits per heavy atom. The van der Waals surface area contributed by atoms with Crippen molar-refractivity contribution in [1.82, 2.24) is 0 Å². The lowest BCUT2D eigenvalue weighted by Crippen LogP contribution is -2.16. The average Bonchev–Trinajstić information content (AvgIpc) is 2.50. The van der Waals surface area contributed by atoms with E-state index in [1.807, 2.05) is 0 Å². The zero-order valence-corrected chi connectivity index (χ0v) is 11.8. The minimum absolute atomic E-state index is 0.0267. The molecule has 3 heteroatoms. The van der Waals surface area contributed by atoms with Crippen molar-refractivity contribution in [2.75, 3.05) is 19.4 Å². The molecule has 1 aliphatic rings. The Hall–Kier alpha value is -0.100. The monoisotopic (exact) mass is 229 g/mol. The largest absolute Gasteiger partial charge is 0.478 e. The van der Waals surface area contributed by atoms with E-state index in [9.17, 15) is 0 Å². The van der Waals surface area contributed by atoms with Gasteiger partial charge in [-0.05, 0) is 17.7 Å². The van der Waals surface area contributed by atoms with E-state index in [0.29, 0.717) is 17.1 Å². The normalized spacial score (nSPS) is 23.9. The Morgan fingerprint density at radius 2 is 2.07 bits per heavy atom. The van der Waals surface area contributed by atoms with Gasteiger partial charge in [0.1, 0.15) is 6.61 Å². The summed E-state index contributed by atoms with van der Waals surface area (Å²) < 4.78 is 5.66. The Morgan fingerprint density at radius 1 is 1.47 bits per heavy atom. The molecule has 1 rings (SSSR count). The van der Waals surface area contributed by atoms with E-state index in [0.717, 1.165) is 18.7 Å². The van der Waals surface area contributed by atoms with Crippen LogP contribution in [0, 0.1) is 5.92 Å². The third-order valence-corrected chi connectivity index (χ3v) is 6.05. The van der Waals surface area contributed by atoms with Crippen LogP contribution in [0.5, 0.6) is 0 Å². The van der Waals surface area contributed by atoms with Crippen molar-refractivity contribution >= 4 is 13.8 Å². The van der Waals surface area contributed by atoms with Crippen LogP contribution in [0.1, 0.15) is 34.6 Å². The first-order valence-corrected chi connectivity index (χ1v) is 7.69. The van der Waals surface area contributed by atoms with Crippen LogP contribution in [0.15, 0.2) is 4.99 Å². The predicted molar refractivity (Wildman–Crippen MR) is 69.5 cm³/mol. The molecule has 0 aliphatic carbocycles. The molecule has 0 fully saturated rings. The lowest BCUT2D eigenvalue weighted by molar-refractivity contribution is 0.290. The van der Waals surface area contributed by atoms with Gasteiger partial charge in [-0.3, -0.25) is 0 Å². The van der Waals surface area contributed by atoms with Gasteiger partial charge in [-0.1, -0.05) is 42.5 Å². The fourth-order valence-electron chi connectivity index (χ4n) is 1.31. The first-order valence-electron chi connectivity index (χ1n) is 5.71. The van der Waals surface area contributed by atoms with Gasteiger partial charge in [-0.15, -0.1) is 0 Å². The zero-order chi connectivity index (χ0) is 11.6. The second kappa shape index (κ2) is 4.82. The summed E-state index contributed by atoms with van der Waals surface area (Å²) in [6.45, 7) is 14.4. The summed E-state index contributed by atoms with van der Waals surface area (Å²) >= 11 is 0. The molecule has 0 aromatic carbocycles. The van der Waals surface area contributed by atoms with Gasteiger partial charge in [0.05, 0.1) is 6.04 Å². The molecule has 0 aromatic heterocycles. The van der Waals surface area contributed by atoms with Gasteiger partial charge < -0.3 is 4.74 Å². The molecule has 2 atom stereocenters. The summed E-state index contributed by atoms with van der Waals surface area (Å²) in [6.07, 6.45) is 1.04. The van der Waals surface area contributed by atoms with E-state index in [-0.39, 0.29) is 7.92 Å². The molecule has 0 saturated carbocycles. The molecule has 0 bridgehead atoms. The van der Waals surface area contributed by atoms with Gasteiger partial charge >= 0.3 is 0 Å². The molecule has 0 N–H and O–H groups in total. The van der Waals surface area contributed by atoms with Gasteiger partial charge in [0.15, 0.2) is 5.90 Å². The number of nitrogens with zero attached hydrogens (tertiary/aromatic N) is 1. The minimum atomic E-state index is -0.0267. The third kappa shape index (κ3) is 3.75. The number of ether oxygens (including phenoxy) is 1. The maximum Gasteiger partial charge on any atom is 0.188 e. The third-order valence-electron chi connectivity index (χ3n) is 3.02. The van der Waals surface area contributed by atoms with Crippen molar-refractivity contribution in [2.45, 2.75) is 45.8 Å². The summed E-state index contributed by atoms with van der Waals surface area (Å²) in [4.78, 5) is 4.65. The second-order valence-electron chi connectivity index (χ2n) is 5.67. The summed E-state index contributed by atoms with van der Waals surface area (Å²) in [6, 6.07) is 0.392. The van der Waals surface area contributed by atoms with Crippen LogP contribution in [0.4, 0.5) is 0 Å². The van der Waals surface area contributed by atoms with Crippen LogP contribution in [-0.4, -0.2) is 36.5 Å². The van der Waals surface area contributed by atoms with Gasteiger partial charge in [-0.25, -0.2) is 4.99 Å². The van der Waals surface area contributed by atoms with Crippen LogP contribution in [0.2, 0.25) is 0 Å². The first-order chi connectivity index (χ1) is 6.80. The van der Waals surface area contributed by atoms with E-state index in [1.54, 1.807) is 0 Å². The fraction of sp³-hybridized carbons (Fsp3) is 0.917. The average molecular weight is 229 g/mol. The topological polar surface area (TPSA) is 21.6 Å². The molecule has 0 spiro atoms. The van der Waals surface area contributed by atoms with Crippen molar-refractivity contribution in [3.63, 3.8) is 0 Å². The molecule has 0 aromatic rings. The summed E-state index contributed by atoms with van der Waals surface area (Å²) in [7, 11) is -0.0267. The van der Waals surface area contributed by atoms with E-state index in [4.69, 9.17) is 4.74 Å². The molecule has 15 heavy (non-hydrogen) atoms. The number of aliphatic imine (C=N–C) groups is 1. The number of rotatable bonds is 3. The zero-order valence-electron chi connectivity index (χ0n) is 10.9. The fourth-order valence-corrected chi connectivity index (χ4v) is 2.36. The van der Waals surface area contributed by atoms with Crippen LogP contribution in [-0.2, 0) is 4.74 Å². The summed E-state index contributed by atoms with van der Waals surface area (Å²) in [5, 5.41) is 0.400. The number of hydrogen-bond acceptors (Lipinski definition) is 2. The van der Waals surface area contributed by atoms with Crippen molar-refractivity contribution in [3.8, 4) is 0 Å². The summed E-state index contributed by atoms with van der Waals surface area (Å²) in [5.41, 5.74) is 0. The lowest BCUT2D eigenvalue weighted by Gasteiger charge is -2.27. The maximum absolute atomic E-state index is 5.66. The Labute approximate surface area is 95.3 Å². The van der Waals surface area contributed by atoms with Crippen LogP contribution < -0.4 is 0 Å². The van der Waals surface area contributed by atoms with E-state index < -0.39 is 0 Å². The molecule has 1 unspecified atom stereocenters. The first kappa shape index (κ1) is 13.0. The quantitative estimate of drug-likeness (QED) is 0.680. The van der Waals surface area contributed by atoms with Gasteiger partial charge in [0.2, 0.25) is 0 Å². The molecule has 0 radical (unpaired) electrons. The van der Waals surface area contributed by atoms with E-state index >= 15 is 0 Å². The smallest absolute Gasteiger partial charge is 0.188 e. The molecular formula is C12H24NOP. The highest BCUT2D eigenvalue weighted by atomic mass is 31.1. The standard InChI is InChI=1S/C12H24NOP/c1-9(2)10-7-14-11(13-10)8-15(6)12(3,4)5/h9-10H,7-8H2,1-6H3/t10-,15?/m1/s1. The molecule has 1 heterocycles. The highest BCUT2D eigenvalue weighted by Gasteiger charge is 2.26. The Kier molecular flexibility index (Phi) is 4.17. The summed E-state index contributed by atoms with van der Waals surface area (Å²) in [5.74, 6) is 1.59. The van der Waals surface area contributed by atoms with Gasteiger partial charge in [-0.2, -0.15) is 0 Å². The maximum atomic E-state index is 5.66. The SMILES string of the molecule is CC(C)[C@H]1COC(CP(C)C(C)(C)C)=N1. The molecule has 88 valence electrons. The van der Waals surface area contributed by atoms with Crippen molar-refractivity contribution in [2.24, 2.45) is 10.9 Å². The Balaban J connectivity index is 2.51. The van der Waals surface area contributed by atoms with Crippen molar-refractivity contribution in [3.05, 3.63) is 0 Å². The molecule has 0 amide bonds. The minimum Gasteiger partial charge on any atom is -0.478 e. The molecular weight excluding hydrogens is 205 g/mol. The molecule has 2 nitrogen and oxygen atoms in total. The van der Waals surface area contributed by atoms with E-state index in [2.05, 4.69) is 46.3 Å². The highest BCUT2D eigenvalue weighted by Crippen LogP contribution is 2.46. The molecule has 0 saturated heterocycles. The van der Waals surface area contributed by atoms with Crippen molar-refractivity contribution in [1.29, 1.82) is 0 Å². The highest BCUT2D eigenvalue weighted by molar-refractivity contribution is 7.59. The number of hydrogen-bond donors (Lipinski definition) is 0. The molecule has 1 aliphatic heterocycles. The lowest BCUT2D eigenvalue weighted by atomic mass is 10.1. The van der Waals surface area contributed by atoms with Gasteiger partial charge in [0.25, 0.3) is 0 Å². The van der Waals surface area contributed by atoms with Crippen LogP contribution >= 0.6 is 7.92 Å². The van der Waals surface area contributed by atoms with Crippen LogP contribution in [0.25, 0.3) is 0 Å². The van der Waals surface area contributed by atoms with Gasteiger partial charge in [0, 0.05) is 6.16 Å². The predicted octanol–water partition coefficient (Wildman–Crippen LogP) is 3.35. The van der Waals surface area contributed by atoms with Crippen molar-refractivity contribution < 1.29 is 4.74 Å². The van der Waals surface area contributed by atoms with E-state index in [1.165, 1.54) is 0 Å². The Bertz CT molecular complexity index is 242. The second-order valence-corrected chi connectivity index (χ2v) is 8.73.